The second kappa shape index (κ2) is 8.75. The fraction of sp³-hybridized carbons (Fsp3) is 0.0800. The number of hydrogen-bond acceptors (Lipinski definition) is 3. The molecule has 0 spiro atoms. The third kappa shape index (κ3) is 4.49. The van der Waals surface area contributed by atoms with Crippen LogP contribution in [0, 0.1) is 18.8 Å². The van der Waals surface area contributed by atoms with E-state index in [4.69, 9.17) is 0 Å². The second-order valence-electron chi connectivity index (χ2n) is 6.28. The van der Waals surface area contributed by atoms with Crippen LogP contribution in [-0.2, 0) is 4.74 Å². The van der Waals surface area contributed by atoms with Crippen LogP contribution in [0.2, 0.25) is 0 Å². The predicted octanol–water partition coefficient (Wildman–Crippen LogP) is 5.22. The summed E-state index contributed by atoms with van der Waals surface area (Å²) < 4.78 is 4.68. The smallest absolute Gasteiger partial charge is 0.337 e. The third-order valence-corrected chi connectivity index (χ3v) is 4.30. The van der Waals surface area contributed by atoms with Crippen molar-refractivity contribution in [2.75, 3.05) is 7.11 Å². The fourth-order valence-electron chi connectivity index (χ4n) is 2.77. The van der Waals surface area contributed by atoms with Gasteiger partial charge in [0.15, 0.2) is 0 Å². The van der Waals surface area contributed by atoms with Crippen LogP contribution < -0.4 is 0 Å². The summed E-state index contributed by atoms with van der Waals surface area (Å²) in [5.74, 6) is 5.82. The summed E-state index contributed by atoms with van der Waals surface area (Å²) in [6.07, 6.45) is 3.52. The molecule has 0 aromatic heterocycles. The Morgan fingerprint density at radius 3 is 2.39 bits per heavy atom. The number of methoxy groups -OCH3 is 1. The van der Waals surface area contributed by atoms with Gasteiger partial charge < -0.3 is 9.84 Å². The number of benzene rings is 3. The zero-order valence-electron chi connectivity index (χ0n) is 15.8. The molecule has 0 atom stereocenters. The molecule has 3 rings (SSSR count). The number of esters is 1. The normalized spacial score (nSPS) is 10.4. The van der Waals surface area contributed by atoms with Crippen LogP contribution in [0.3, 0.4) is 0 Å². The molecule has 3 aromatic carbocycles. The predicted molar refractivity (Wildman–Crippen MR) is 112 cm³/mol. The number of allylic oxidation sites excluding steroid dienone is 1. The highest BCUT2D eigenvalue weighted by molar-refractivity contribution is 5.89. The van der Waals surface area contributed by atoms with Gasteiger partial charge in [-0.15, -0.1) is 0 Å². The molecule has 3 aromatic rings. The quantitative estimate of drug-likeness (QED) is 0.509. The van der Waals surface area contributed by atoms with Crippen molar-refractivity contribution in [3.05, 3.63) is 95.1 Å². The molecule has 0 aliphatic heterocycles. The highest BCUT2D eigenvalue weighted by Gasteiger charge is 2.07. The van der Waals surface area contributed by atoms with Gasteiger partial charge in [-0.3, -0.25) is 0 Å². The van der Waals surface area contributed by atoms with Crippen molar-refractivity contribution in [3.63, 3.8) is 0 Å². The van der Waals surface area contributed by atoms with Crippen LogP contribution in [0.4, 0.5) is 0 Å². The lowest BCUT2D eigenvalue weighted by Gasteiger charge is -2.08. The average Bonchev–Trinajstić information content (AvgIpc) is 2.72. The van der Waals surface area contributed by atoms with Gasteiger partial charge in [-0.2, -0.15) is 0 Å². The van der Waals surface area contributed by atoms with Crippen LogP contribution in [0.25, 0.3) is 17.2 Å². The first-order chi connectivity index (χ1) is 13.6. The molecule has 138 valence electrons. The van der Waals surface area contributed by atoms with Gasteiger partial charge in [-0.25, -0.2) is 4.79 Å². The molecule has 0 heterocycles. The maximum atomic E-state index is 11.4. The summed E-state index contributed by atoms with van der Waals surface area (Å²) in [7, 11) is 1.35. The highest BCUT2D eigenvalue weighted by atomic mass is 16.5. The third-order valence-electron chi connectivity index (χ3n) is 4.30. The molecular weight excluding hydrogens is 348 g/mol. The van der Waals surface area contributed by atoms with Crippen molar-refractivity contribution < 1.29 is 14.6 Å². The van der Waals surface area contributed by atoms with E-state index in [1.54, 1.807) is 42.5 Å². The number of aromatic hydroxyl groups is 1. The summed E-state index contributed by atoms with van der Waals surface area (Å²) in [5, 5.41) is 10.3. The van der Waals surface area contributed by atoms with Crippen molar-refractivity contribution >= 4 is 12.0 Å². The maximum Gasteiger partial charge on any atom is 0.337 e. The molecule has 0 aliphatic carbocycles. The molecule has 0 amide bonds. The summed E-state index contributed by atoms with van der Waals surface area (Å²) in [5.41, 5.74) is 5.16. The van der Waals surface area contributed by atoms with E-state index in [2.05, 4.69) is 16.6 Å². The van der Waals surface area contributed by atoms with E-state index >= 15 is 0 Å². The lowest BCUT2D eigenvalue weighted by Crippen LogP contribution is -2.00. The van der Waals surface area contributed by atoms with E-state index in [1.165, 1.54) is 12.7 Å². The first-order valence-corrected chi connectivity index (χ1v) is 8.84. The Morgan fingerprint density at radius 1 is 1.00 bits per heavy atom. The monoisotopic (exact) mass is 368 g/mol. The Labute approximate surface area is 164 Å². The van der Waals surface area contributed by atoms with E-state index in [-0.39, 0.29) is 11.7 Å². The topological polar surface area (TPSA) is 46.5 Å². The number of aryl methyl sites for hydroxylation is 1. The minimum absolute atomic E-state index is 0.207. The van der Waals surface area contributed by atoms with E-state index in [0.29, 0.717) is 5.56 Å². The first-order valence-electron chi connectivity index (χ1n) is 8.84. The van der Waals surface area contributed by atoms with Crippen molar-refractivity contribution in [2.45, 2.75) is 6.92 Å². The SMILES string of the molecule is COC(=O)c1ccc(C#CC=Cc2c(O)cccc2-c2ccc(C)cc2)cc1. The molecule has 0 saturated carbocycles. The average molecular weight is 368 g/mol. The molecule has 3 nitrogen and oxygen atoms in total. The molecule has 1 N–H and O–H groups in total. The Bertz CT molecular complexity index is 1060. The number of hydrogen-bond donors (Lipinski definition) is 1. The zero-order chi connectivity index (χ0) is 19.9. The molecule has 28 heavy (non-hydrogen) atoms. The van der Waals surface area contributed by atoms with Crippen molar-refractivity contribution in [2.24, 2.45) is 0 Å². The van der Waals surface area contributed by atoms with E-state index in [1.807, 2.05) is 43.3 Å². The van der Waals surface area contributed by atoms with Gasteiger partial charge in [0.05, 0.1) is 12.7 Å². The summed E-state index contributed by atoms with van der Waals surface area (Å²) in [4.78, 5) is 11.4. The standard InChI is InChI=1S/C25H20O3/c1-18-10-14-20(15-11-18)22-8-5-9-24(26)23(22)7-4-3-6-19-12-16-21(17-13-19)25(27)28-2/h4-5,7-17,26H,1-2H3. The van der Waals surface area contributed by atoms with Gasteiger partial charge in [0.2, 0.25) is 0 Å². The molecule has 0 saturated heterocycles. The Balaban J connectivity index is 1.83. The lowest BCUT2D eigenvalue weighted by atomic mass is 9.98. The first kappa shape index (κ1) is 19.0. The van der Waals surface area contributed by atoms with Gasteiger partial charge in [0.25, 0.3) is 0 Å². The number of ether oxygens (including phenoxy) is 1. The van der Waals surface area contributed by atoms with Gasteiger partial charge in [0.1, 0.15) is 5.75 Å². The van der Waals surface area contributed by atoms with E-state index in [9.17, 15) is 9.90 Å². The Kier molecular flexibility index (Phi) is 5.94. The van der Waals surface area contributed by atoms with Gasteiger partial charge in [0, 0.05) is 11.1 Å². The van der Waals surface area contributed by atoms with Gasteiger partial charge >= 0.3 is 5.97 Å². The lowest BCUT2D eigenvalue weighted by molar-refractivity contribution is 0.0600. The van der Waals surface area contributed by atoms with Crippen LogP contribution in [0.5, 0.6) is 5.75 Å². The number of carbonyl (C=O) groups is 1. The second-order valence-corrected chi connectivity index (χ2v) is 6.28. The number of phenolic OH excluding ortho intramolecular Hbond substituents is 1. The van der Waals surface area contributed by atoms with Crippen molar-refractivity contribution in [1.29, 1.82) is 0 Å². The number of phenols is 1. The minimum atomic E-state index is -0.373. The fourth-order valence-corrected chi connectivity index (χ4v) is 2.77. The van der Waals surface area contributed by atoms with E-state index in [0.717, 1.165) is 22.3 Å². The van der Waals surface area contributed by atoms with Crippen LogP contribution >= 0.6 is 0 Å². The van der Waals surface area contributed by atoms with Crippen molar-refractivity contribution in [3.8, 4) is 28.7 Å². The molecule has 0 radical (unpaired) electrons. The summed E-state index contributed by atoms with van der Waals surface area (Å²) in [6.45, 7) is 2.04. The molecule has 0 bridgehead atoms. The summed E-state index contributed by atoms with van der Waals surface area (Å²) in [6, 6.07) is 20.5. The molecule has 0 fully saturated rings. The van der Waals surface area contributed by atoms with Gasteiger partial charge in [-0.1, -0.05) is 53.8 Å². The molecule has 0 aliphatic rings. The molecule has 3 heteroatoms. The number of rotatable bonds is 3. The maximum absolute atomic E-state index is 11.4. The molecular formula is C25H20O3. The van der Waals surface area contributed by atoms with Gasteiger partial charge in [-0.05, 0) is 60.5 Å². The highest BCUT2D eigenvalue weighted by Crippen LogP contribution is 2.31. The largest absolute Gasteiger partial charge is 0.507 e. The number of carbonyl (C=O) groups excluding carboxylic acids is 1. The Hall–Kier alpha value is -3.77. The van der Waals surface area contributed by atoms with Crippen LogP contribution in [-0.4, -0.2) is 18.2 Å². The van der Waals surface area contributed by atoms with E-state index < -0.39 is 0 Å². The Morgan fingerprint density at radius 2 is 1.71 bits per heavy atom. The summed E-state index contributed by atoms with van der Waals surface area (Å²) >= 11 is 0. The molecule has 0 unspecified atom stereocenters. The van der Waals surface area contributed by atoms with Crippen molar-refractivity contribution in [1.82, 2.24) is 0 Å². The van der Waals surface area contributed by atoms with Crippen LogP contribution in [0.15, 0.2) is 72.8 Å². The zero-order valence-corrected chi connectivity index (χ0v) is 15.8. The van der Waals surface area contributed by atoms with Crippen LogP contribution in [0.1, 0.15) is 27.0 Å². The minimum Gasteiger partial charge on any atom is -0.507 e.